The van der Waals surface area contributed by atoms with E-state index < -0.39 is 17.7 Å². The number of ether oxygens (including phenoxy) is 2. The molecule has 4 rings (SSSR count). The highest BCUT2D eigenvalue weighted by molar-refractivity contribution is 6.46. The standard InChI is InChI=1S/C27H27NO6/c1-18-16-20(11-12-21(18)34-17-19-8-4-3-5-9-19)25(29)23-24(22-10-6-15-33-22)28(13-7-14-32-2)27(31)26(23)30/h3-6,8-12,15-16,24,29H,7,13-14,17H2,1-2H3/b25-23-. The predicted molar refractivity (Wildman–Crippen MR) is 126 cm³/mol. The number of carbonyl (C=O) groups is 2. The number of furan rings is 1. The van der Waals surface area contributed by atoms with Crippen LogP contribution in [-0.4, -0.2) is 42.0 Å². The van der Waals surface area contributed by atoms with Gasteiger partial charge in [-0.1, -0.05) is 30.3 Å². The summed E-state index contributed by atoms with van der Waals surface area (Å²) in [5.74, 6) is -0.565. The molecular weight excluding hydrogens is 434 g/mol. The molecule has 1 aliphatic heterocycles. The van der Waals surface area contributed by atoms with E-state index in [0.29, 0.717) is 43.3 Å². The maximum absolute atomic E-state index is 13.0. The lowest BCUT2D eigenvalue weighted by Gasteiger charge is -2.23. The molecule has 1 N–H and O–H groups in total. The van der Waals surface area contributed by atoms with Crippen molar-refractivity contribution in [1.82, 2.24) is 4.90 Å². The summed E-state index contributed by atoms with van der Waals surface area (Å²) >= 11 is 0. The summed E-state index contributed by atoms with van der Waals surface area (Å²) in [6.07, 6.45) is 2.03. The number of likely N-dealkylation sites (tertiary alicyclic amines) is 1. The smallest absolute Gasteiger partial charge is 0.295 e. The number of aryl methyl sites for hydroxylation is 1. The van der Waals surface area contributed by atoms with Crippen molar-refractivity contribution in [3.63, 3.8) is 0 Å². The largest absolute Gasteiger partial charge is 0.507 e. The van der Waals surface area contributed by atoms with Crippen LogP contribution in [0.2, 0.25) is 0 Å². The Kier molecular flexibility index (Phi) is 7.13. The number of methoxy groups -OCH3 is 1. The molecule has 1 aliphatic rings. The average molecular weight is 462 g/mol. The van der Waals surface area contributed by atoms with E-state index in [4.69, 9.17) is 13.9 Å². The number of aliphatic hydroxyl groups is 1. The van der Waals surface area contributed by atoms with Crippen LogP contribution in [0, 0.1) is 6.92 Å². The van der Waals surface area contributed by atoms with E-state index >= 15 is 0 Å². The molecule has 7 heteroatoms. The number of ketones is 1. The zero-order chi connectivity index (χ0) is 24.1. The Morgan fingerprint density at radius 1 is 1.09 bits per heavy atom. The van der Waals surface area contributed by atoms with Crippen LogP contribution in [0.5, 0.6) is 5.75 Å². The normalized spacial score (nSPS) is 17.4. The SMILES string of the molecule is COCCCN1C(=O)C(=O)/C(=C(\O)c2ccc(OCc3ccccc3)c(C)c2)C1c1ccco1. The van der Waals surface area contributed by atoms with Crippen LogP contribution in [0.1, 0.15) is 34.9 Å². The molecule has 0 radical (unpaired) electrons. The van der Waals surface area contributed by atoms with Crippen LogP contribution in [0.25, 0.3) is 5.76 Å². The van der Waals surface area contributed by atoms with E-state index in [1.807, 2.05) is 37.3 Å². The van der Waals surface area contributed by atoms with Gasteiger partial charge in [-0.25, -0.2) is 0 Å². The minimum absolute atomic E-state index is 0.00900. The quantitative estimate of drug-likeness (QED) is 0.216. The van der Waals surface area contributed by atoms with Gasteiger partial charge in [0.25, 0.3) is 11.7 Å². The van der Waals surface area contributed by atoms with Crippen LogP contribution in [-0.2, 0) is 20.9 Å². The van der Waals surface area contributed by atoms with E-state index in [9.17, 15) is 14.7 Å². The van der Waals surface area contributed by atoms with E-state index in [0.717, 1.165) is 11.1 Å². The summed E-state index contributed by atoms with van der Waals surface area (Å²) in [5, 5.41) is 11.2. The van der Waals surface area contributed by atoms with Gasteiger partial charge in [0.1, 0.15) is 29.9 Å². The highest BCUT2D eigenvalue weighted by Gasteiger charge is 2.47. The molecule has 0 aliphatic carbocycles. The Bertz CT molecular complexity index is 1180. The first-order valence-electron chi connectivity index (χ1n) is 11.1. The van der Waals surface area contributed by atoms with Crippen molar-refractivity contribution >= 4 is 17.4 Å². The van der Waals surface area contributed by atoms with Crippen LogP contribution < -0.4 is 4.74 Å². The van der Waals surface area contributed by atoms with Gasteiger partial charge in [-0.05, 0) is 54.8 Å². The molecule has 3 aromatic rings. The molecule has 2 heterocycles. The van der Waals surface area contributed by atoms with Gasteiger partial charge in [0, 0.05) is 25.8 Å². The number of rotatable bonds is 9. The third-order valence-electron chi connectivity index (χ3n) is 5.79. The molecule has 1 atom stereocenters. The highest BCUT2D eigenvalue weighted by atomic mass is 16.5. The van der Waals surface area contributed by atoms with Crippen LogP contribution in [0.3, 0.4) is 0 Å². The summed E-state index contributed by atoms with van der Waals surface area (Å²) in [7, 11) is 1.58. The number of aliphatic hydroxyl groups excluding tert-OH is 1. The first-order chi connectivity index (χ1) is 16.5. The van der Waals surface area contributed by atoms with Crippen molar-refractivity contribution in [1.29, 1.82) is 0 Å². The Morgan fingerprint density at radius 3 is 2.56 bits per heavy atom. The molecule has 34 heavy (non-hydrogen) atoms. The second-order valence-corrected chi connectivity index (χ2v) is 8.11. The lowest BCUT2D eigenvalue weighted by Crippen LogP contribution is -2.31. The van der Waals surface area contributed by atoms with Gasteiger partial charge >= 0.3 is 0 Å². The molecule has 1 unspecified atom stereocenters. The van der Waals surface area contributed by atoms with E-state index in [1.165, 1.54) is 11.2 Å². The van der Waals surface area contributed by atoms with Gasteiger partial charge in [-0.2, -0.15) is 0 Å². The number of hydrogen-bond acceptors (Lipinski definition) is 6. The summed E-state index contributed by atoms with van der Waals surface area (Å²) in [6, 6.07) is 17.6. The summed E-state index contributed by atoms with van der Waals surface area (Å²) in [6.45, 7) is 3.02. The van der Waals surface area contributed by atoms with E-state index in [1.54, 1.807) is 37.4 Å². The minimum Gasteiger partial charge on any atom is -0.507 e. The predicted octanol–water partition coefficient (Wildman–Crippen LogP) is 4.63. The fourth-order valence-corrected chi connectivity index (χ4v) is 4.08. The van der Waals surface area contributed by atoms with Gasteiger partial charge < -0.3 is 23.9 Å². The van der Waals surface area contributed by atoms with Crippen molar-refractivity contribution in [2.24, 2.45) is 0 Å². The highest BCUT2D eigenvalue weighted by Crippen LogP contribution is 2.40. The second kappa shape index (κ2) is 10.4. The van der Waals surface area contributed by atoms with Gasteiger partial charge in [-0.3, -0.25) is 9.59 Å². The fourth-order valence-electron chi connectivity index (χ4n) is 4.08. The minimum atomic E-state index is -0.804. The van der Waals surface area contributed by atoms with Crippen molar-refractivity contribution < 1.29 is 28.6 Å². The maximum atomic E-state index is 13.0. The van der Waals surface area contributed by atoms with Gasteiger partial charge in [0.2, 0.25) is 0 Å². The summed E-state index contributed by atoms with van der Waals surface area (Å²) in [5.41, 5.74) is 2.27. The molecule has 176 valence electrons. The topological polar surface area (TPSA) is 89.2 Å². The second-order valence-electron chi connectivity index (χ2n) is 8.11. The lowest BCUT2D eigenvalue weighted by atomic mass is 9.98. The first kappa shape index (κ1) is 23.3. The molecule has 0 bridgehead atoms. The monoisotopic (exact) mass is 461 g/mol. The fraction of sp³-hybridized carbons (Fsp3) is 0.259. The molecular formula is C27H27NO6. The molecule has 7 nitrogen and oxygen atoms in total. The molecule has 1 fully saturated rings. The lowest BCUT2D eigenvalue weighted by molar-refractivity contribution is -0.140. The number of Topliss-reactive ketones (excluding diaryl/α,β-unsaturated/α-hetero) is 1. The number of amides is 1. The molecule has 2 aromatic carbocycles. The van der Waals surface area contributed by atoms with Crippen LogP contribution in [0.15, 0.2) is 76.9 Å². The molecule has 1 amide bonds. The molecule has 1 saturated heterocycles. The molecule has 1 aromatic heterocycles. The van der Waals surface area contributed by atoms with Crippen molar-refractivity contribution in [3.8, 4) is 5.75 Å². The Morgan fingerprint density at radius 2 is 1.88 bits per heavy atom. The summed E-state index contributed by atoms with van der Waals surface area (Å²) < 4.78 is 16.5. The van der Waals surface area contributed by atoms with Crippen LogP contribution in [0.4, 0.5) is 0 Å². The zero-order valence-electron chi connectivity index (χ0n) is 19.2. The van der Waals surface area contributed by atoms with Crippen LogP contribution >= 0.6 is 0 Å². The van der Waals surface area contributed by atoms with E-state index in [2.05, 4.69) is 0 Å². The average Bonchev–Trinajstić information content (AvgIpc) is 3.46. The number of benzene rings is 2. The van der Waals surface area contributed by atoms with Crippen molar-refractivity contribution in [2.75, 3.05) is 20.3 Å². The summed E-state index contributed by atoms with van der Waals surface area (Å²) in [4.78, 5) is 27.2. The third-order valence-corrected chi connectivity index (χ3v) is 5.79. The van der Waals surface area contributed by atoms with Gasteiger partial charge in [-0.15, -0.1) is 0 Å². The Hall–Kier alpha value is -3.84. The van der Waals surface area contributed by atoms with Gasteiger partial charge in [0.15, 0.2) is 0 Å². The zero-order valence-corrected chi connectivity index (χ0v) is 19.2. The number of carbonyl (C=O) groups excluding carboxylic acids is 2. The molecule has 0 spiro atoms. The maximum Gasteiger partial charge on any atom is 0.295 e. The first-order valence-corrected chi connectivity index (χ1v) is 11.1. The molecule has 0 saturated carbocycles. The number of hydrogen-bond donors (Lipinski definition) is 1. The van der Waals surface area contributed by atoms with Crippen molar-refractivity contribution in [2.45, 2.75) is 26.0 Å². The van der Waals surface area contributed by atoms with Gasteiger partial charge in [0.05, 0.1) is 11.8 Å². The number of nitrogens with zero attached hydrogens (tertiary/aromatic N) is 1. The third kappa shape index (κ3) is 4.75. The van der Waals surface area contributed by atoms with E-state index in [-0.39, 0.29) is 11.3 Å². The van der Waals surface area contributed by atoms with Crippen molar-refractivity contribution in [3.05, 3.63) is 95.0 Å². The Balaban J connectivity index is 1.64. The Labute approximate surface area is 198 Å².